The van der Waals surface area contributed by atoms with Gasteiger partial charge in [0, 0.05) is 10.2 Å². The van der Waals surface area contributed by atoms with E-state index in [1.807, 2.05) is 25.1 Å². The minimum Gasteiger partial charge on any atom is -0.481 e. The van der Waals surface area contributed by atoms with Crippen molar-refractivity contribution in [2.75, 3.05) is 16.8 Å². The van der Waals surface area contributed by atoms with Gasteiger partial charge in [-0.1, -0.05) is 15.9 Å². The zero-order chi connectivity index (χ0) is 15.5. The van der Waals surface area contributed by atoms with Crippen molar-refractivity contribution in [2.45, 2.75) is 26.2 Å². The maximum atomic E-state index is 11.9. The maximum absolute atomic E-state index is 11.9. The number of thioether (sulfide) groups is 1. The Labute approximate surface area is 136 Å². The van der Waals surface area contributed by atoms with Gasteiger partial charge >= 0.3 is 5.97 Å². The highest BCUT2D eigenvalue weighted by Gasteiger charge is 2.44. The molecule has 1 fully saturated rings. The lowest BCUT2D eigenvalue weighted by molar-refractivity contribution is -0.138. The summed E-state index contributed by atoms with van der Waals surface area (Å²) >= 11 is 4.94. The first-order valence-electron chi connectivity index (χ1n) is 6.76. The summed E-state index contributed by atoms with van der Waals surface area (Å²) in [5, 5.41) is 11.7. The van der Waals surface area contributed by atoms with Crippen molar-refractivity contribution in [3.05, 3.63) is 28.2 Å². The van der Waals surface area contributed by atoms with E-state index in [2.05, 4.69) is 21.2 Å². The second-order valence-corrected chi connectivity index (χ2v) is 7.42. The molecule has 1 saturated carbocycles. The van der Waals surface area contributed by atoms with Crippen molar-refractivity contribution in [1.29, 1.82) is 0 Å². The molecule has 0 spiro atoms. The average Bonchev–Trinajstić information content (AvgIpc) is 3.13. The van der Waals surface area contributed by atoms with Gasteiger partial charge in [-0.15, -0.1) is 0 Å². The third kappa shape index (κ3) is 5.04. The molecule has 1 aromatic rings. The lowest BCUT2D eigenvalue weighted by Gasteiger charge is -2.12. The van der Waals surface area contributed by atoms with Crippen molar-refractivity contribution in [3.8, 4) is 0 Å². The van der Waals surface area contributed by atoms with Crippen LogP contribution in [-0.4, -0.2) is 28.5 Å². The van der Waals surface area contributed by atoms with Crippen LogP contribution in [0.2, 0.25) is 0 Å². The molecule has 0 unspecified atom stereocenters. The van der Waals surface area contributed by atoms with E-state index < -0.39 is 5.97 Å². The van der Waals surface area contributed by atoms with Gasteiger partial charge < -0.3 is 10.4 Å². The Morgan fingerprint density at radius 2 is 2.14 bits per heavy atom. The normalized spacial score (nSPS) is 15.5. The predicted octanol–water partition coefficient (Wildman–Crippen LogP) is 3.68. The maximum Gasteiger partial charge on any atom is 0.303 e. The first-order valence-corrected chi connectivity index (χ1v) is 8.71. The van der Waals surface area contributed by atoms with Gasteiger partial charge in [0.15, 0.2) is 0 Å². The summed E-state index contributed by atoms with van der Waals surface area (Å²) in [6.07, 6.45) is 2.13. The van der Waals surface area contributed by atoms with Crippen molar-refractivity contribution in [2.24, 2.45) is 5.41 Å². The fourth-order valence-electron chi connectivity index (χ4n) is 2.15. The first-order chi connectivity index (χ1) is 9.90. The Morgan fingerprint density at radius 3 is 2.71 bits per heavy atom. The number of hydrogen-bond donors (Lipinski definition) is 2. The van der Waals surface area contributed by atoms with E-state index >= 15 is 0 Å². The molecule has 1 amide bonds. The third-order valence-electron chi connectivity index (χ3n) is 3.57. The molecule has 1 aliphatic rings. The van der Waals surface area contributed by atoms with E-state index in [-0.39, 0.29) is 17.7 Å². The van der Waals surface area contributed by atoms with Crippen LogP contribution in [0.4, 0.5) is 5.69 Å². The molecule has 0 bridgehead atoms. The standard InChI is InChI=1S/C15H18BrNO3S/c1-10-6-11(2-3-12(10)16)17-13(18)8-21-9-15(4-5-15)7-14(19)20/h2-3,6H,4-5,7-9H2,1H3,(H,17,18)(H,19,20). The SMILES string of the molecule is Cc1cc(NC(=O)CSCC2(CC(=O)O)CC2)ccc1Br. The largest absolute Gasteiger partial charge is 0.481 e. The molecular weight excluding hydrogens is 354 g/mol. The number of carbonyl (C=O) groups is 2. The highest BCUT2D eigenvalue weighted by atomic mass is 79.9. The first kappa shape index (κ1) is 16.4. The summed E-state index contributed by atoms with van der Waals surface area (Å²) in [6.45, 7) is 1.97. The van der Waals surface area contributed by atoms with Crippen molar-refractivity contribution >= 4 is 45.3 Å². The topological polar surface area (TPSA) is 66.4 Å². The molecule has 1 aliphatic carbocycles. The Hall–Kier alpha value is -1.01. The number of amides is 1. The summed E-state index contributed by atoms with van der Waals surface area (Å²) < 4.78 is 1.01. The number of carboxylic acid groups (broad SMARTS) is 1. The molecule has 114 valence electrons. The zero-order valence-corrected chi connectivity index (χ0v) is 14.2. The van der Waals surface area contributed by atoms with Gasteiger partial charge in [0.05, 0.1) is 12.2 Å². The fourth-order valence-corrected chi connectivity index (χ4v) is 3.58. The van der Waals surface area contributed by atoms with Crippen LogP contribution >= 0.6 is 27.7 Å². The van der Waals surface area contributed by atoms with Gasteiger partial charge in [0.2, 0.25) is 5.91 Å². The molecule has 4 nitrogen and oxygen atoms in total. The van der Waals surface area contributed by atoms with Gasteiger partial charge in [-0.25, -0.2) is 0 Å². The van der Waals surface area contributed by atoms with Gasteiger partial charge in [-0.3, -0.25) is 9.59 Å². The number of aliphatic carboxylic acids is 1. The summed E-state index contributed by atoms with van der Waals surface area (Å²) in [5.41, 5.74) is 1.79. The molecule has 0 aromatic heterocycles. The molecule has 0 heterocycles. The van der Waals surface area contributed by atoms with Crippen LogP contribution in [0.5, 0.6) is 0 Å². The highest BCUT2D eigenvalue weighted by molar-refractivity contribution is 9.10. The van der Waals surface area contributed by atoms with Crippen LogP contribution in [-0.2, 0) is 9.59 Å². The van der Waals surface area contributed by atoms with Crippen LogP contribution in [0.25, 0.3) is 0 Å². The number of halogens is 1. The molecule has 2 rings (SSSR count). The monoisotopic (exact) mass is 371 g/mol. The number of anilines is 1. The number of hydrogen-bond acceptors (Lipinski definition) is 3. The molecule has 6 heteroatoms. The zero-order valence-electron chi connectivity index (χ0n) is 11.8. The number of carboxylic acids is 1. The van der Waals surface area contributed by atoms with E-state index in [0.29, 0.717) is 5.75 Å². The Balaban J connectivity index is 1.75. The van der Waals surface area contributed by atoms with E-state index in [1.54, 1.807) is 0 Å². The second kappa shape index (κ2) is 6.83. The summed E-state index contributed by atoms with van der Waals surface area (Å²) in [4.78, 5) is 22.6. The van der Waals surface area contributed by atoms with Gasteiger partial charge in [0.25, 0.3) is 0 Å². The summed E-state index contributed by atoms with van der Waals surface area (Å²) in [7, 11) is 0. The van der Waals surface area contributed by atoms with Crippen LogP contribution in [0.15, 0.2) is 22.7 Å². The van der Waals surface area contributed by atoms with E-state index in [1.165, 1.54) is 11.8 Å². The molecule has 0 atom stereocenters. The quantitative estimate of drug-likeness (QED) is 0.766. The predicted molar refractivity (Wildman–Crippen MR) is 88.8 cm³/mol. The molecule has 0 saturated heterocycles. The molecule has 21 heavy (non-hydrogen) atoms. The molecule has 1 aromatic carbocycles. The van der Waals surface area contributed by atoms with Crippen LogP contribution in [0.3, 0.4) is 0 Å². The van der Waals surface area contributed by atoms with Crippen molar-refractivity contribution < 1.29 is 14.7 Å². The molecule has 2 N–H and O–H groups in total. The Morgan fingerprint density at radius 1 is 1.43 bits per heavy atom. The van der Waals surface area contributed by atoms with Crippen molar-refractivity contribution in [3.63, 3.8) is 0 Å². The second-order valence-electron chi connectivity index (χ2n) is 5.58. The van der Waals surface area contributed by atoms with Crippen LogP contribution in [0.1, 0.15) is 24.8 Å². The van der Waals surface area contributed by atoms with E-state index in [4.69, 9.17) is 5.11 Å². The Bertz CT molecular complexity index is 558. The van der Waals surface area contributed by atoms with Gasteiger partial charge in [-0.2, -0.15) is 11.8 Å². The highest BCUT2D eigenvalue weighted by Crippen LogP contribution is 2.50. The van der Waals surface area contributed by atoms with Crippen LogP contribution in [0, 0.1) is 12.3 Å². The lowest BCUT2D eigenvalue weighted by atomic mass is 10.1. The number of aryl methyl sites for hydroxylation is 1. The fraction of sp³-hybridized carbons (Fsp3) is 0.467. The average molecular weight is 372 g/mol. The Kier molecular flexibility index (Phi) is 5.32. The van der Waals surface area contributed by atoms with Gasteiger partial charge in [0.1, 0.15) is 0 Å². The molecule has 0 aliphatic heterocycles. The van der Waals surface area contributed by atoms with E-state index in [0.717, 1.165) is 34.3 Å². The lowest BCUT2D eigenvalue weighted by Crippen LogP contribution is -2.17. The number of nitrogens with one attached hydrogen (secondary N) is 1. The third-order valence-corrected chi connectivity index (χ3v) is 5.74. The van der Waals surface area contributed by atoms with Crippen LogP contribution < -0.4 is 5.32 Å². The molecular formula is C15H18BrNO3S. The van der Waals surface area contributed by atoms with Gasteiger partial charge in [-0.05, 0) is 54.7 Å². The number of benzene rings is 1. The summed E-state index contributed by atoms with van der Waals surface area (Å²) in [5.74, 6) is 0.304. The van der Waals surface area contributed by atoms with Crippen molar-refractivity contribution in [1.82, 2.24) is 0 Å². The number of rotatable bonds is 7. The smallest absolute Gasteiger partial charge is 0.303 e. The minimum atomic E-state index is -0.747. The summed E-state index contributed by atoms with van der Waals surface area (Å²) in [6, 6.07) is 5.68. The molecule has 0 radical (unpaired) electrons. The number of carbonyl (C=O) groups excluding carboxylic acids is 1. The minimum absolute atomic E-state index is 0.0483. The van der Waals surface area contributed by atoms with E-state index in [9.17, 15) is 9.59 Å².